The zero-order chi connectivity index (χ0) is 16.9. The Hall–Kier alpha value is -2.66. The average molecular weight is 337 g/mol. The summed E-state index contributed by atoms with van der Waals surface area (Å²) in [5, 5.41) is 6.97. The summed E-state index contributed by atoms with van der Waals surface area (Å²) in [5.74, 6) is -0.0910. The monoisotopic (exact) mass is 337 g/mol. The fraction of sp³-hybridized carbons (Fsp3) is 0.158. The van der Waals surface area contributed by atoms with Crippen molar-refractivity contribution in [3.63, 3.8) is 0 Å². The van der Waals surface area contributed by atoms with Crippen LogP contribution < -0.4 is 10.6 Å². The number of amides is 1. The summed E-state index contributed by atoms with van der Waals surface area (Å²) in [6.07, 6.45) is 0. The second kappa shape index (κ2) is 7.27. The highest BCUT2D eigenvalue weighted by molar-refractivity contribution is 7.17. The molecule has 24 heavy (non-hydrogen) atoms. The molecule has 122 valence electrons. The van der Waals surface area contributed by atoms with Crippen molar-refractivity contribution in [1.29, 1.82) is 0 Å². The molecular weight excluding hydrogens is 318 g/mol. The average Bonchev–Trinajstić information content (AvgIpc) is 2.96. The van der Waals surface area contributed by atoms with E-state index in [1.54, 1.807) is 0 Å². The van der Waals surface area contributed by atoms with Crippen LogP contribution in [0.15, 0.2) is 54.6 Å². The van der Waals surface area contributed by atoms with E-state index in [9.17, 15) is 4.79 Å². The molecule has 0 saturated carbocycles. The molecule has 0 radical (unpaired) electrons. The van der Waals surface area contributed by atoms with Gasteiger partial charge in [-0.2, -0.15) is 0 Å². The second-order valence-corrected chi connectivity index (χ2v) is 6.54. The lowest BCUT2D eigenvalue weighted by molar-refractivity contribution is 0.0954. The highest BCUT2D eigenvalue weighted by Crippen LogP contribution is 2.27. The van der Waals surface area contributed by atoms with Gasteiger partial charge in [-0.1, -0.05) is 59.9 Å². The topological polar surface area (TPSA) is 54.0 Å². The molecule has 0 aliphatic heterocycles. The molecule has 0 saturated heterocycles. The number of hydrogen-bond acceptors (Lipinski definition) is 4. The lowest BCUT2D eigenvalue weighted by atomic mass is 10.2. The first-order chi connectivity index (χ1) is 11.6. The fourth-order valence-electron chi connectivity index (χ4n) is 2.35. The molecule has 2 aromatic carbocycles. The van der Waals surface area contributed by atoms with E-state index in [-0.39, 0.29) is 5.91 Å². The minimum Gasteiger partial charge on any atom is -0.347 e. The number of nitrogens with zero attached hydrogens (tertiary/aromatic N) is 1. The van der Waals surface area contributed by atoms with Crippen LogP contribution in [-0.2, 0) is 6.54 Å². The maximum Gasteiger partial charge on any atom is 0.263 e. The summed E-state index contributed by atoms with van der Waals surface area (Å²) in [6, 6.07) is 17.9. The Morgan fingerprint density at radius 2 is 1.75 bits per heavy atom. The van der Waals surface area contributed by atoms with E-state index in [0.717, 1.165) is 27.6 Å². The molecule has 0 aliphatic carbocycles. The van der Waals surface area contributed by atoms with Gasteiger partial charge in [0.05, 0.1) is 5.69 Å². The lowest BCUT2D eigenvalue weighted by Crippen LogP contribution is -2.22. The molecule has 1 amide bonds. The van der Waals surface area contributed by atoms with Crippen molar-refractivity contribution in [2.75, 3.05) is 5.32 Å². The standard InChI is InChI=1S/C19H19N3OS/c1-13-8-6-7-11-16(13)22-19-21-14(2)17(24-19)18(23)20-12-15-9-4-3-5-10-15/h3-11H,12H2,1-2H3,(H,20,23)(H,21,22). The number of hydrogen-bond donors (Lipinski definition) is 2. The molecule has 3 rings (SSSR count). The Morgan fingerprint density at radius 3 is 2.50 bits per heavy atom. The van der Waals surface area contributed by atoms with Crippen LogP contribution in [0.5, 0.6) is 0 Å². The van der Waals surface area contributed by atoms with Crippen molar-refractivity contribution in [3.05, 3.63) is 76.3 Å². The Balaban J connectivity index is 1.69. The van der Waals surface area contributed by atoms with E-state index in [1.165, 1.54) is 11.3 Å². The Bertz CT molecular complexity index is 843. The minimum absolute atomic E-state index is 0.0910. The number of rotatable bonds is 5. The van der Waals surface area contributed by atoms with Crippen LogP contribution >= 0.6 is 11.3 Å². The maximum atomic E-state index is 12.4. The quantitative estimate of drug-likeness (QED) is 0.724. The number of carbonyl (C=O) groups excluding carboxylic acids is 1. The largest absolute Gasteiger partial charge is 0.347 e. The highest BCUT2D eigenvalue weighted by Gasteiger charge is 2.15. The first kappa shape index (κ1) is 16.2. The van der Waals surface area contributed by atoms with Gasteiger partial charge in [-0.15, -0.1) is 0 Å². The second-order valence-electron chi connectivity index (χ2n) is 5.54. The maximum absolute atomic E-state index is 12.4. The van der Waals surface area contributed by atoms with Gasteiger partial charge >= 0.3 is 0 Å². The Kier molecular flexibility index (Phi) is 4.91. The van der Waals surface area contributed by atoms with Gasteiger partial charge in [0, 0.05) is 12.2 Å². The van der Waals surface area contributed by atoms with Gasteiger partial charge in [0.15, 0.2) is 5.13 Å². The number of thiazole rings is 1. The first-order valence-electron chi connectivity index (χ1n) is 7.75. The number of nitrogens with one attached hydrogen (secondary N) is 2. The molecule has 0 fully saturated rings. The zero-order valence-corrected chi connectivity index (χ0v) is 14.5. The van der Waals surface area contributed by atoms with Crippen molar-refractivity contribution in [3.8, 4) is 0 Å². The molecule has 0 unspecified atom stereocenters. The molecule has 4 nitrogen and oxygen atoms in total. The Morgan fingerprint density at radius 1 is 1.04 bits per heavy atom. The summed E-state index contributed by atoms with van der Waals surface area (Å²) in [4.78, 5) is 17.5. The van der Waals surface area contributed by atoms with Crippen LogP contribution in [0.4, 0.5) is 10.8 Å². The van der Waals surface area contributed by atoms with E-state index in [0.29, 0.717) is 11.4 Å². The molecular formula is C19H19N3OS. The summed E-state index contributed by atoms with van der Waals surface area (Å²) < 4.78 is 0. The first-order valence-corrected chi connectivity index (χ1v) is 8.57. The van der Waals surface area contributed by atoms with Crippen molar-refractivity contribution >= 4 is 28.1 Å². The van der Waals surface area contributed by atoms with E-state index < -0.39 is 0 Å². The molecule has 3 aromatic rings. The Labute approximate surface area is 145 Å². The summed E-state index contributed by atoms with van der Waals surface area (Å²) in [6.45, 7) is 4.41. The van der Waals surface area contributed by atoms with Crippen LogP contribution in [0.25, 0.3) is 0 Å². The predicted molar refractivity (Wildman–Crippen MR) is 98.9 cm³/mol. The van der Waals surface area contributed by atoms with E-state index in [2.05, 4.69) is 15.6 Å². The molecule has 5 heteroatoms. The summed E-state index contributed by atoms with van der Waals surface area (Å²) >= 11 is 1.37. The van der Waals surface area contributed by atoms with Gasteiger partial charge in [0.25, 0.3) is 5.91 Å². The van der Waals surface area contributed by atoms with Crippen LogP contribution in [-0.4, -0.2) is 10.9 Å². The van der Waals surface area contributed by atoms with Crippen molar-refractivity contribution < 1.29 is 4.79 Å². The van der Waals surface area contributed by atoms with Crippen LogP contribution in [0.3, 0.4) is 0 Å². The predicted octanol–water partition coefficient (Wildman–Crippen LogP) is 4.43. The molecule has 1 aromatic heterocycles. The van der Waals surface area contributed by atoms with E-state index >= 15 is 0 Å². The number of para-hydroxylation sites is 1. The third-order valence-electron chi connectivity index (χ3n) is 3.69. The highest BCUT2D eigenvalue weighted by atomic mass is 32.1. The van der Waals surface area contributed by atoms with Crippen LogP contribution in [0, 0.1) is 13.8 Å². The number of benzene rings is 2. The molecule has 1 heterocycles. The number of aryl methyl sites for hydroxylation is 2. The third kappa shape index (κ3) is 3.81. The van der Waals surface area contributed by atoms with E-state index in [4.69, 9.17) is 0 Å². The number of aromatic nitrogens is 1. The van der Waals surface area contributed by atoms with Gasteiger partial charge in [0.1, 0.15) is 4.88 Å². The van der Waals surface area contributed by atoms with Gasteiger partial charge in [0.2, 0.25) is 0 Å². The number of carbonyl (C=O) groups is 1. The SMILES string of the molecule is Cc1ccccc1Nc1nc(C)c(C(=O)NCc2ccccc2)s1. The summed E-state index contributed by atoms with van der Waals surface area (Å²) in [5.41, 5.74) is 3.95. The normalized spacial score (nSPS) is 10.4. The molecule has 0 bridgehead atoms. The summed E-state index contributed by atoms with van der Waals surface area (Å²) in [7, 11) is 0. The lowest BCUT2D eigenvalue weighted by Gasteiger charge is -2.05. The molecule has 0 aliphatic rings. The van der Waals surface area contributed by atoms with Gasteiger partial charge in [-0.05, 0) is 31.0 Å². The zero-order valence-electron chi connectivity index (χ0n) is 13.7. The fourth-order valence-corrected chi connectivity index (χ4v) is 3.24. The van der Waals surface area contributed by atoms with Crippen molar-refractivity contribution in [2.24, 2.45) is 0 Å². The third-order valence-corrected chi connectivity index (χ3v) is 4.76. The minimum atomic E-state index is -0.0910. The smallest absolute Gasteiger partial charge is 0.263 e. The van der Waals surface area contributed by atoms with Crippen molar-refractivity contribution in [1.82, 2.24) is 10.3 Å². The van der Waals surface area contributed by atoms with Crippen LogP contribution in [0.1, 0.15) is 26.5 Å². The molecule has 2 N–H and O–H groups in total. The van der Waals surface area contributed by atoms with Gasteiger partial charge < -0.3 is 10.6 Å². The van der Waals surface area contributed by atoms with Gasteiger partial charge in [-0.25, -0.2) is 4.98 Å². The molecule has 0 spiro atoms. The van der Waals surface area contributed by atoms with E-state index in [1.807, 2.05) is 68.4 Å². The van der Waals surface area contributed by atoms with Crippen molar-refractivity contribution in [2.45, 2.75) is 20.4 Å². The number of anilines is 2. The van der Waals surface area contributed by atoms with Gasteiger partial charge in [-0.3, -0.25) is 4.79 Å². The molecule has 0 atom stereocenters. The van der Waals surface area contributed by atoms with Crippen LogP contribution in [0.2, 0.25) is 0 Å².